The average Bonchev–Trinajstić information content (AvgIpc) is 2.40. The highest BCUT2D eigenvalue weighted by Gasteiger charge is 2.16. The Hall–Kier alpha value is 0.270. The van der Waals surface area contributed by atoms with Crippen molar-refractivity contribution in [3.8, 4) is 0 Å². The fourth-order valence-electron chi connectivity index (χ4n) is 1.37. The minimum absolute atomic E-state index is 0.608. The molecule has 2 unspecified atom stereocenters. The van der Waals surface area contributed by atoms with Crippen LogP contribution in [0.4, 0.5) is 0 Å². The summed E-state index contributed by atoms with van der Waals surface area (Å²) in [5.41, 5.74) is 0. The Balaban J connectivity index is 2.08. The van der Waals surface area contributed by atoms with Crippen molar-refractivity contribution < 1.29 is 4.74 Å². The molecule has 0 bridgehead atoms. The second-order valence-electron chi connectivity index (χ2n) is 3.08. The minimum Gasteiger partial charge on any atom is -0.380 e. The lowest BCUT2D eigenvalue weighted by molar-refractivity contribution is 0.189. The van der Waals surface area contributed by atoms with E-state index in [2.05, 4.69) is 18.5 Å². The molecule has 0 radical (unpaired) electrons. The highest BCUT2D eigenvalue weighted by atomic mass is 32.2. The molecule has 0 saturated carbocycles. The van der Waals surface area contributed by atoms with E-state index >= 15 is 0 Å². The average molecular weight is 175 g/mol. The smallest absolute Gasteiger partial charge is 0.0620 e. The van der Waals surface area contributed by atoms with E-state index in [4.69, 9.17) is 4.74 Å². The fraction of sp³-hybridized carbons (Fsp3) is 1.00. The summed E-state index contributed by atoms with van der Waals surface area (Å²) >= 11 is 1.89. The minimum atomic E-state index is 0.608. The molecule has 0 aliphatic carbocycles. The molecule has 1 rings (SSSR count). The highest BCUT2D eigenvalue weighted by Crippen LogP contribution is 2.05. The van der Waals surface area contributed by atoms with Crippen LogP contribution in [0.25, 0.3) is 0 Å². The van der Waals surface area contributed by atoms with Crippen molar-refractivity contribution >= 4 is 11.8 Å². The van der Waals surface area contributed by atoms with E-state index in [0.29, 0.717) is 12.1 Å². The number of ether oxygens (including phenoxy) is 1. The van der Waals surface area contributed by atoms with Gasteiger partial charge in [-0.25, -0.2) is 0 Å². The molecular formula is C8H17NOS. The summed E-state index contributed by atoms with van der Waals surface area (Å²) < 4.78 is 5.27. The number of nitrogens with one attached hydrogen (secondary N) is 1. The molecule has 3 heteroatoms. The van der Waals surface area contributed by atoms with Crippen molar-refractivity contribution in [2.24, 2.45) is 0 Å². The zero-order valence-corrected chi connectivity index (χ0v) is 8.12. The Labute approximate surface area is 73.1 Å². The second kappa shape index (κ2) is 5.01. The number of hydrogen-bond acceptors (Lipinski definition) is 3. The standard InChI is InChI=1S/C8H17NOS/c1-7(6-11-2)9-8-3-4-10-5-8/h7-9H,3-6H2,1-2H3. The lowest BCUT2D eigenvalue weighted by atomic mass is 10.2. The van der Waals surface area contributed by atoms with Gasteiger partial charge < -0.3 is 10.1 Å². The lowest BCUT2D eigenvalue weighted by Crippen LogP contribution is -2.38. The molecule has 1 aliphatic heterocycles. The topological polar surface area (TPSA) is 21.3 Å². The first kappa shape index (κ1) is 9.36. The van der Waals surface area contributed by atoms with Crippen LogP contribution >= 0.6 is 11.8 Å². The molecule has 11 heavy (non-hydrogen) atoms. The van der Waals surface area contributed by atoms with Gasteiger partial charge in [0.25, 0.3) is 0 Å². The van der Waals surface area contributed by atoms with Crippen LogP contribution in [0.1, 0.15) is 13.3 Å². The Morgan fingerprint density at radius 2 is 2.55 bits per heavy atom. The van der Waals surface area contributed by atoms with Gasteiger partial charge in [-0.2, -0.15) is 11.8 Å². The van der Waals surface area contributed by atoms with E-state index in [9.17, 15) is 0 Å². The van der Waals surface area contributed by atoms with Gasteiger partial charge in [0.1, 0.15) is 0 Å². The molecule has 0 amide bonds. The molecule has 0 aromatic rings. The van der Waals surface area contributed by atoms with Gasteiger partial charge in [0.05, 0.1) is 6.61 Å². The van der Waals surface area contributed by atoms with E-state index < -0.39 is 0 Å². The van der Waals surface area contributed by atoms with Crippen molar-refractivity contribution in [1.29, 1.82) is 0 Å². The summed E-state index contributed by atoms with van der Waals surface area (Å²) in [7, 11) is 0. The van der Waals surface area contributed by atoms with Gasteiger partial charge in [-0.15, -0.1) is 0 Å². The summed E-state index contributed by atoms with van der Waals surface area (Å²) in [6.45, 7) is 4.07. The van der Waals surface area contributed by atoms with Crippen LogP contribution in [0.2, 0.25) is 0 Å². The number of rotatable bonds is 4. The molecule has 2 nitrogen and oxygen atoms in total. The molecule has 66 valence electrons. The first-order valence-electron chi connectivity index (χ1n) is 4.15. The summed E-state index contributed by atoms with van der Waals surface area (Å²) in [6, 6.07) is 1.23. The maximum atomic E-state index is 5.27. The van der Waals surface area contributed by atoms with Gasteiger partial charge in [-0.1, -0.05) is 0 Å². The molecule has 1 N–H and O–H groups in total. The van der Waals surface area contributed by atoms with Crippen LogP contribution in [0.3, 0.4) is 0 Å². The van der Waals surface area contributed by atoms with Crippen molar-refractivity contribution in [2.75, 3.05) is 25.2 Å². The third kappa shape index (κ3) is 3.45. The molecule has 0 spiro atoms. The molecule has 0 aromatic carbocycles. The number of thioether (sulfide) groups is 1. The molecule has 1 aliphatic rings. The van der Waals surface area contributed by atoms with E-state index in [1.54, 1.807) is 0 Å². The van der Waals surface area contributed by atoms with Crippen molar-refractivity contribution in [1.82, 2.24) is 5.32 Å². The highest BCUT2D eigenvalue weighted by molar-refractivity contribution is 7.98. The molecule has 0 aromatic heterocycles. The Morgan fingerprint density at radius 1 is 1.73 bits per heavy atom. The predicted octanol–water partition coefficient (Wildman–Crippen LogP) is 1.12. The zero-order chi connectivity index (χ0) is 8.10. The summed E-state index contributed by atoms with van der Waals surface area (Å²) in [5, 5.41) is 3.53. The summed E-state index contributed by atoms with van der Waals surface area (Å²) in [5.74, 6) is 1.19. The van der Waals surface area contributed by atoms with Crippen LogP contribution in [0.5, 0.6) is 0 Å². The van der Waals surface area contributed by atoms with Gasteiger partial charge in [0.15, 0.2) is 0 Å². The van der Waals surface area contributed by atoms with E-state index in [0.717, 1.165) is 13.2 Å². The van der Waals surface area contributed by atoms with E-state index in [-0.39, 0.29) is 0 Å². The van der Waals surface area contributed by atoms with Crippen LogP contribution in [-0.2, 0) is 4.74 Å². The zero-order valence-electron chi connectivity index (χ0n) is 7.30. The summed E-state index contributed by atoms with van der Waals surface area (Å²) in [6.07, 6.45) is 3.32. The Morgan fingerprint density at radius 3 is 3.09 bits per heavy atom. The second-order valence-corrected chi connectivity index (χ2v) is 3.99. The van der Waals surface area contributed by atoms with Crippen molar-refractivity contribution in [3.05, 3.63) is 0 Å². The van der Waals surface area contributed by atoms with Gasteiger partial charge in [-0.05, 0) is 19.6 Å². The third-order valence-electron chi connectivity index (χ3n) is 1.87. The van der Waals surface area contributed by atoms with Crippen LogP contribution < -0.4 is 5.32 Å². The SMILES string of the molecule is CSCC(C)NC1CCOC1. The molecule has 1 saturated heterocycles. The predicted molar refractivity (Wildman–Crippen MR) is 50.2 cm³/mol. The monoisotopic (exact) mass is 175 g/mol. The molecule has 1 heterocycles. The van der Waals surface area contributed by atoms with Gasteiger partial charge in [-0.3, -0.25) is 0 Å². The van der Waals surface area contributed by atoms with Crippen LogP contribution in [0.15, 0.2) is 0 Å². The molecular weight excluding hydrogens is 158 g/mol. The van der Waals surface area contributed by atoms with Crippen LogP contribution in [-0.4, -0.2) is 37.3 Å². The molecule has 1 fully saturated rings. The Bertz CT molecular complexity index is 104. The summed E-state index contributed by atoms with van der Waals surface area (Å²) in [4.78, 5) is 0. The third-order valence-corrected chi connectivity index (χ3v) is 2.70. The largest absolute Gasteiger partial charge is 0.380 e. The van der Waals surface area contributed by atoms with Gasteiger partial charge in [0.2, 0.25) is 0 Å². The van der Waals surface area contributed by atoms with Crippen molar-refractivity contribution in [2.45, 2.75) is 25.4 Å². The maximum Gasteiger partial charge on any atom is 0.0620 e. The van der Waals surface area contributed by atoms with Crippen molar-refractivity contribution in [3.63, 3.8) is 0 Å². The van der Waals surface area contributed by atoms with E-state index in [1.807, 2.05) is 11.8 Å². The first-order chi connectivity index (χ1) is 5.33. The van der Waals surface area contributed by atoms with Gasteiger partial charge >= 0.3 is 0 Å². The first-order valence-corrected chi connectivity index (χ1v) is 5.55. The van der Waals surface area contributed by atoms with Gasteiger partial charge in [0, 0.05) is 24.4 Å². The quantitative estimate of drug-likeness (QED) is 0.692. The Kier molecular flexibility index (Phi) is 4.26. The molecule has 2 atom stereocenters. The normalized spacial score (nSPS) is 27.3. The van der Waals surface area contributed by atoms with Crippen LogP contribution in [0, 0.1) is 0 Å². The number of hydrogen-bond donors (Lipinski definition) is 1. The van der Waals surface area contributed by atoms with E-state index in [1.165, 1.54) is 12.2 Å². The maximum absolute atomic E-state index is 5.27. The fourth-order valence-corrected chi connectivity index (χ4v) is 1.96. The lowest BCUT2D eigenvalue weighted by Gasteiger charge is -2.16.